The van der Waals surface area contributed by atoms with Crippen molar-refractivity contribution in [1.82, 2.24) is 5.32 Å². The highest BCUT2D eigenvalue weighted by Crippen LogP contribution is 2.43. The minimum Gasteiger partial charge on any atom is -0.387 e. The number of aliphatic hydroxyl groups is 1. The molecule has 3 N–H and O–H groups in total. The van der Waals surface area contributed by atoms with Crippen LogP contribution >= 0.6 is 7.82 Å². The number of likely N-dealkylation sites (N-methyl/N-ethyl adjacent to an activating group) is 1. The van der Waals surface area contributed by atoms with Crippen LogP contribution in [0.15, 0.2) is 24.3 Å². The lowest BCUT2D eigenvalue weighted by atomic mass is 10.0. The van der Waals surface area contributed by atoms with Crippen LogP contribution in [0, 0.1) is 0 Å². The third-order valence-corrected chi connectivity index (χ3v) is 8.13. The quantitative estimate of drug-likeness (QED) is 0.0342. The highest BCUT2D eigenvalue weighted by atomic mass is 31.2. The first kappa shape index (κ1) is 41.0. The zero-order valence-electron chi connectivity index (χ0n) is 27.7. The van der Waals surface area contributed by atoms with Crippen LogP contribution in [0.3, 0.4) is 0 Å². The lowest BCUT2D eigenvalue weighted by molar-refractivity contribution is -0.870. The molecular weight excluding hydrogens is 551 g/mol. The van der Waals surface area contributed by atoms with Crippen LogP contribution in [0.25, 0.3) is 0 Å². The molecule has 0 spiro atoms. The predicted molar refractivity (Wildman–Crippen MR) is 175 cm³/mol. The first-order valence-electron chi connectivity index (χ1n) is 16.7. The third kappa shape index (κ3) is 27.8. The summed E-state index contributed by atoms with van der Waals surface area (Å²) in [5.74, 6) is -0.242. The smallest absolute Gasteiger partial charge is 0.387 e. The van der Waals surface area contributed by atoms with Crippen molar-refractivity contribution in [2.24, 2.45) is 0 Å². The number of allylic oxidation sites excluding steroid dienone is 3. The van der Waals surface area contributed by atoms with Crippen LogP contribution < -0.4 is 5.32 Å². The van der Waals surface area contributed by atoms with Crippen molar-refractivity contribution in [2.75, 3.05) is 40.9 Å². The molecule has 42 heavy (non-hydrogen) atoms. The van der Waals surface area contributed by atoms with Gasteiger partial charge in [0.15, 0.2) is 0 Å². The highest BCUT2D eigenvalue weighted by molar-refractivity contribution is 7.47. The Bertz CT molecular complexity index is 753. The van der Waals surface area contributed by atoms with Crippen molar-refractivity contribution >= 4 is 13.7 Å². The summed E-state index contributed by atoms with van der Waals surface area (Å²) in [4.78, 5) is 22.1. The van der Waals surface area contributed by atoms with E-state index >= 15 is 0 Å². The number of carbonyl (C=O) groups excluding carboxylic acids is 1. The molecule has 1 amide bonds. The van der Waals surface area contributed by atoms with E-state index in [0.29, 0.717) is 23.9 Å². The Labute approximate surface area is 258 Å². The Morgan fingerprint density at radius 2 is 1.31 bits per heavy atom. The lowest BCUT2D eigenvalue weighted by Gasteiger charge is -2.25. The predicted octanol–water partition coefficient (Wildman–Crippen LogP) is 7.85. The van der Waals surface area contributed by atoms with E-state index in [9.17, 15) is 19.4 Å². The summed E-state index contributed by atoms with van der Waals surface area (Å²) < 4.78 is 23.0. The van der Waals surface area contributed by atoms with Gasteiger partial charge in [0.1, 0.15) is 13.2 Å². The van der Waals surface area contributed by atoms with Gasteiger partial charge in [0, 0.05) is 6.42 Å². The molecule has 8 nitrogen and oxygen atoms in total. The van der Waals surface area contributed by atoms with Gasteiger partial charge in [0.05, 0.1) is 39.9 Å². The zero-order chi connectivity index (χ0) is 31.5. The Morgan fingerprint density at radius 3 is 1.86 bits per heavy atom. The van der Waals surface area contributed by atoms with Gasteiger partial charge in [-0.25, -0.2) is 4.57 Å². The number of hydrogen-bond donors (Lipinski definition) is 3. The molecule has 0 aromatic rings. The van der Waals surface area contributed by atoms with Gasteiger partial charge < -0.3 is 19.8 Å². The van der Waals surface area contributed by atoms with Crippen LogP contribution in [0.5, 0.6) is 0 Å². The Morgan fingerprint density at radius 1 is 0.786 bits per heavy atom. The van der Waals surface area contributed by atoms with E-state index in [0.717, 1.165) is 19.3 Å². The molecule has 0 rings (SSSR count). The fraction of sp³-hybridized carbons (Fsp3) is 0.848. The van der Waals surface area contributed by atoms with Gasteiger partial charge in [0.2, 0.25) is 5.91 Å². The van der Waals surface area contributed by atoms with Crippen LogP contribution in [0.2, 0.25) is 0 Å². The van der Waals surface area contributed by atoms with Crippen molar-refractivity contribution in [2.45, 2.75) is 142 Å². The summed E-state index contributed by atoms with van der Waals surface area (Å²) in [5, 5.41) is 13.3. The van der Waals surface area contributed by atoms with E-state index in [1.165, 1.54) is 83.5 Å². The molecule has 0 aromatic carbocycles. The fourth-order valence-corrected chi connectivity index (χ4v) is 5.19. The van der Waals surface area contributed by atoms with E-state index < -0.39 is 20.0 Å². The highest BCUT2D eigenvalue weighted by Gasteiger charge is 2.27. The largest absolute Gasteiger partial charge is 0.472 e. The van der Waals surface area contributed by atoms with Gasteiger partial charge in [-0.15, -0.1) is 0 Å². The SMILES string of the molecule is CCCCCCCCCCCCCCC/C=C/CC/C=C/C(O)C(COP(=O)(O)OCC[N+](C)(C)C)NC(=O)CCC. The third-order valence-electron chi connectivity index (χ3n) is 7.14. The molecule has 0 fully saturated rings. The van der Waals surface area contributed by atoms with Gasteiger partial charge in [0.25, 0.3) is 0 Å². The van der Waals surface area contributed by atoms with Gasteiger partial charge >= 0.3 is 7.82 Å². The Kier molecular flexibility index (Phi) is 25.7. The van der Waals surface area contributed by atoms with Crippen LogP contribution in [0.4, 0.5) is 0 Å². The molecule has 248 valence electrons. The fourth-order valence-electron chi connectivity index (χ4n) is 4.45. The maximum Gasteiger partial charge on any atom is 0.472 e. The topological polar surface area (TPSA) is 105 Å². The molecule has 9 heteroatoms. The minimum absolute atomic E-state index is 0.0550. The molecule has 0 saturated heterocycles. The molecule has 0 saturated carbocycles. The first-order chi connectivity index (χ1) is 20.0. The number of hydrogen-bond acceptors (Lipinski definition) is 5. The Balaban J connectivity index is 4.17. The molecule has 0 radical (unpaired) electrons. The summed E-state index contributed by atoms with van der Waals surface area (Å²) in [6, 6.07) is -0.853. The van der Waals surface area contributed by atoms with Gasteiger partial charge in [-0.05, 0) is 32.1 Å². The van der Waals surface area contributed by atoms with Gasteiger partial charge in [-0.3, -0.25) is 13.8 Å². The van der Waals surface area contributed by atoms with Crippen LogP contribution in [-0.4, -0.2) is 73.4 Å². The maximum atomic E-state index is 12.3. The number of amides is 1. The van der Waals surface area contributed by atoms with E-state index in [1.54, 1.807) is 6.08 Å². The second-order valence-corrected chi connectivity index (χ2v) is 14.0. The standard InChI is InChI=1S/C33H65N2O6P/c1-6-8-9-10-11-12-13-14-15-16-17-18-19-20-21-22-23-24-25-27-32(36)31(34-33(37)26-7-2)30-41-42(38,39)40-29-28-35(3,4)5/h21-22,25,27,31-32,36H,6-20,23-24,26,28-30H2,1-5H3,(H-,34,37,38,39)/p+1/b22-21+,27-25+. The number of unbranched alkanes of at least 4 members (excludes halogenated alkanes) is 14. The summed E-state index contributed by atoms with van der Waals surface area (Å²) in [7, 11) is 1.54. The second kappa shape index (κ2) is 26.4. The Hall–Kier alpha value is -1.02. The molecule has 0 heterocycles. The summed E-state index contributed by atoms with van der Waals surface area (Å²) in [5.41, 5.74) is 0. The number of quaternary nitrogens is 1. The number of aliphatic hydroxyl groups excluding tert-OH is 1. The summed E-state index contributed by atoms with van der Waals surface area (Å²) >= 11 is 0. The molecule has 0 aliphatic heterocycles. The zero-order valence-corrected chi connectivity index (χ0v) is 28.6. The van der Waals surface area contributed by atoms with Crippen molar-refractivity contribution in [1.29, 1.82) is 0 Å². The summed E-state index contributed by atoms with van der Waals surface area (Å²) in [6.45, 7) is 4.41. The van der Waals surface area contributed by atoms with Gasteiger partial charge in [-0.1, -0.05) is 115 Å². The molecule has 0 bridgehead atoms. The number of rotatable bonds is 29. The molecule has 0 aliphatic carbocycles. The van der Waals surface area contributed by atoms with E-state index in [4.69, 9.17) is 9.05 Å². The summed E-state index contributed by atoms with van der Waals surface area (Å²) in [6.07, 6.45) is 28.3. The molecule has 3 atom stereocenters. The lowest BCUT2D eigenvalue weighted by Crippen LogP contribution is -2.45. The van der Waals surface area contributed by atoms with E-state index in [1.807, 2.05) is 34.1 Å². The van der Waals surface area contributed by atoms with Crippen LogP contribution in [-0.2, 0) is 18.4 Å². The molecular formula is C33H66N2O6P+. The number of phosphoric acid groups is 1. The minimum atomic E-state index is -4.30. The van der Waals surface area contributed by atoms with E-state index in [2.05, 4.69) is 24.4 Å². The van der Waals surface area contributed by atoms with Crippen LogP contribution in [0.1, 0.15) is 129 Å². The molecule has 0 aliphatic rings. The average Bonchev–Trinajstić information content (AvgIpc) is 2.91. The van der Waals surface area contributed by atoms with Crippen molar-refractivity contribution in [3.63, 3.8) is 0 Å². The molecule has 3 unspecified atom stereocenters. The van der Waals surface area contributed by atoms with Crippen molar-refractivity contribution < 1.29 is 32.9 Å². The van der Waals surface area contributed by atoms with Gasteiger partial charge in [-0.2, -0.15) is 0 Å². The second-order valence-electron chi connectivity index (χ2n) is 12.5. The first-order valence-corrected chi connectivity index (χ1v) is 18.2. The van der Waals surface area contributed by atoms with E-state index in [-0.39, 0.29) is 19.1 Å². The number of carbonyl (C=O) groups is 1. The van der Waals surface area contributed by atoms with Crippen molar-refractivity contribution in [3.05, 3.63) is 24.3 Å². The monoisotopic (exact) mass is 617 g/mol. The average molecular weight is 618 g/mol. The number of nitrogens with zero attached hydrogens (tertiary/aromatic N) is 1. The number of nitrogens with one attached hydrogen (secondary N) is 1. The molecule has 0 aromatic heterocycles. The number of phosphoric ester groups is 1. The maximum absolute atomic E-state index is 12.3. The normalized spacial score (nSPS) is 15.3. The van der Waals surface area contributed by atoms with Crippen molar-refractivity contribution in [3.8, 4) is 0 Å².